The first kappa shape index (κ1) is 19.7. The van der Waals surface area contributed by atoms with E-state index in [1.54, 1.807) is 11.8 Å². The van der Waals surface area contributed by atoms with Crippen LogP contribution in [0.5, 0.6) is 0 Å². The van der Waals surface area contributed by atoms with Crippen LogP contribution in [-0.2, 0) is 16.0 Å². The van der Waals surface area contributed by atoms with Crippen LogP contribution < -0.4 is 5.32 Å². The number of halogens is 1. The first-order chi connectivity index (χ1) is 14.4. The number of tetrazole rings is 1. The minimum atomic E-state index is -0.507. The number of hydrogen-bond donors (Lipinski definition) is 1. The maximum atomic E-state index is 14.3. The van der Waals surface area contributed by atoms with Crippen LogP contribution in [0.25, 0.3) is 5.69 Å². The number of aryl methyl sites for hydroxylation is 1. The second kappa shape index (κ2) is 8.02. The molecule has 30 heavy (non-hydrogen) atoms. The summed E-state index contributed by atoms with van der Waals surface area (Å²) >= 11 is 0. The summed E-state index contributed by atoms with van der Waals surface area (Å²) in [5.74, 6) is -0.421. The molecule has 8 nitrogen and oxygen atoms in total. The van der Waals surface area contributed by atoms with E-state index in [4.69, 9.17) is 0 Å². The maximum absolute atomic E-state index is 14.3. The lowest BCUT2D eigenvalue weighted by Crippen LogP contribution is -2.40. The van der Waals surface area contributed by atoms with Gasteiger partial charge in [-0.3, -0.25) is 9.59 Å². The van der Waals surface area contributed by atoms with Gasteiger partial charge in [0.25, 0.3) is 0 Å². The molecular weight excluding hydrogens is 387 g/mol. The van der Waals surface area contributed by atoms with Crippen molar-refractivity contribution in [3.05, 3.63) is 65.2 Å². The molecule has 0 aliphatic carbocycles. The summed E-state index contributed by atoms with van der Waals surface area (Å²) in [5, 5.41) is 13.9. The van der Waals surface area contributed by atoms with E-state index in [0.29, 0.717) is 18.1 Å². The number of aromatic nitrogens is 4. The fraction of sp³-hybridized carbons (Fsp3) is 0.286. The number of carbonyl (C=O) groups excluding carboxylic acids is 2. The van der Waals surface area contributed by atoms with Crippen LogP contribution in [-0.4, -0.2) is 43.5 Å². The summed E-state index contributed by atoms with van der Waals surface area (Å²) in [6.07, 6.45) is 0.869. The van der Waals surface area contributed by atoms with E-state index in [1.165, 1.54) is 29.8 Å². The van der Waals surface area contributed by atoms with Crippen LogP contribution in [0.2, 0.25) is 0 Å². The van der Waals surface area contributed by atoms with E-state index in [1.807, 2.05) is 24.3 Å². The van der Waals surface area contributed by atoms with Gasteiger partial charge >= 0.3 is 0 Å². The van der Waals surface area contributed by atoms with E-state index < -0.39 is 5.82 Å². The molecule has 2 amide bonds. The maximum Gasteiger partial charge on any atom is 0.226 e. The van der Waals surface area contributed by atoms with Crippen LogP contribution in [0.15, 0.2) is 42.5 Å². The van der Waals surface area contributed by atoms with E-state index in [0.717, 1.165) is 17.5 Å². The first-order valence-electron chi connectivity index (χ1n) is 9.64. The number of hydrogen-bond acceptors (Lipinski definition) is 5. The molecule has 1 N–H and O–H groups in total. The summed E-state index contributed by atoms with van der Waals surface area (Å²) < 4.78 is 15.5. The number of fused-ring (bicyclic) bond motifs is 1. The van der Waals surface area contributed by atoms with Gasteiger partial charge in [-0.1, -0.05) is 24.3 Å². The lowest BCUT2D eigenvalue weighted by Gasteiger charge is -2.36. The van der Waals surface area contributed by atoms with Crippen molar-refractivity contribution in [2.45, 2.75) is 32.7 Å². The first-order valence-corrected chi connectivity index (χ1v) is 9.64. The largest absolute Gasteiger partial charge is 0.335 e. The predicted molar refractivity (Wildman–Crippen MR) is 107 cm³/mol. The zero-order valence-electron chi connectivity index (χ0n) is 16.7. The molecule has 154 valence electrons. The van der Waals surface area contributed by atoms with Crippen molar-refractivity contribution >= 4 is 17.5 Å². The fourth-order valence-corrected chi connectivity index (χ4v) is 3.84. The second-order valence-corrected chi connectivity index (χ2v) is 7.23. The van der Waals surface area contributed by atoms with Crippen molar-refractivity contribution in [3.8, 4) is 5.69 Å². The van der Waals surface area contributed by atoms with E-state index in [-0.39, 0.29) is 30.0 Å². The number of benzene rings is 2. The highest BCUT2D eigenvalue weighted by Crippen LogP contribution is 2.32. The quantitative estimate of drug-likeness (QED) is 0.716. The number of nitrogens with zero attached hydrogens (tertiary/aromatic N) is 5. The van der Waals surface area contributed by atoms with Crippen molar-refractivity contribution in [2.75, 3.05) is 11.9 Å². The average Bonchev–Trinajstić information content (AvgIpc) is 3.15. The Labute approximate surface area is 172 Å². The molecule has 0 radical (unpaired) electrons. The van der Waals surface area contributed by atoms with Gasteiger partial charge in [0.05, 0.1) is 12.5 Å². The topological polar surface area (TPSA) is 93.0 Å². The van der Waals surface area contributed by atoms with Crippen LogP contribution in [0.4, 0.5) is 10.1 Å². The Morgan fingerprint density at radius 1 is 1.23 bits per heavy atom. The lowest BCUT2D eigenvalue weighted by molar-refractivity contribution is -0.132. The average molecular weight is 408 g/mol. The van der Waals surface area contributed by atoms with Crippen molar-refractivity contribution in [2.24, 2.45) is 0 Å². The molecule has 1 unspecified atom stereocenters. The third-order valence-corrected chi connectivity index (χ3v) is 5.28. The minimum absolute atomic E-state index is 0.0690. The standard InChI is InChI=1S/C21H21FN6O2/c1-13-24-25-26-28(13)20-11-16(7-8-18(20)22)23-21(30)12-19-17-6-4-3-5-15(17)9-10-27(19)14(2)29/h3-8,11,19H,9-10,12H2,1-2H3,(H,23,30). The van der Waals surface area contributed by atoms with Crippen molar-refractivity contribution in [3.63, 3.8) is 0 Å². The highest BCUT2D eigenvalue weighted by Gasteiger charge is 2.30. The predicted octanol–water partition coefficient (Wildman–Crippen LogP) is 2.58. The molecule has 0 bridgehead atoms. The number of amides is 2. The number of carbonyl (C=O) groups is 2. The molecule has 4 rings (SSSR count). The Morgan fingerprint density at radius 3 is 2.77 bits per heavy atom. The third-order valence-electron chi connectivity index (χ3n) is 5.28. The molecule has 9 heteroatoms. The Hall–Kier alpha value is -3.62. The molecule has 1 aliphatic heterocycles. The Balaban J connectivity index is 1.56. The summed E-state index contributed by atoms with van der Waals surface area (Å²) in [6.45, 7) is 3.74. The van der Waals surface area contributed by atoms with E-state index in [2.05, 4.69) is 20.8 Å². The van der Waals surface area contributed by atoms with E-state index in [9.17, 15) is 14.0 Å². The molecule has 3 aromatic rings. The molecule has 0 spiro atoms. The van der Waals surface area contributed by atoms with Crippen molar-refractivity contribution in [1.82, 2.24) is 25.1 Å². The lowest BCUT2D eigenvalue weighted by atomic mass is 9.90. The SMILES string of the molecule is CC(=O)N1CCc2ccccc2C1CC(=O)Nc1ccc(F)c(-n2nnnc2C)c1. The number of nitrogens with one attached hydrogen (secondary N) is 1. The van der Waals surface area contributed by atoms with Crippen LogP contribution in [0.3, 0.4) is 0 Å². The summed E-state index contributed by atoms with van der Waals surface area (Å²) in [4.78, 5) is 26.7. The minimum Gasteiger partial charge on any atom is -0.335 e. The van der Waals surface area contributed by atoms with Gasteiger partial charge < -0.3 is 10.2 Å². The van der Waals surface area contributed by atoms with Crippen LogP contribution in [0, 0.1) is 12.7 Å². The Morgan fingerprint density at radius 2 is 2.03 bits per heavy atom. The van der Waals surface area contributed by atoms with Gasteiger partial charge in [0.1, 0.15) is 11.5 Å². The summed E-state index contributed by atoms with van der Waals surface area (Å²) in [5.41, 5.74) is 2.69. The highest BCUT2D eigenvalue weighted by atomic mass is 19.1. The van der Waals surface area contributed by atoms with Gasteiger partial charge in [-0.25, -0.2) is 4.39 Å². The molecule has 1 atom stereocenters. The molecular formula is C21H21FN6O2. The fourth-order valence-electron chi connectivity index (χ4n) is 3.84. The summed E-state index contributed by atoms with van der Waals surface area (Å²) in [6, 6.07) is 11.7. The molecule has 1 aromatic heterocycles. The second-order valence-electron chi connectivity index (χ2n) is 7.23. The zero-order valence-corrected chi connectivity index (χ0v) is 16.7. The number of rotatable bonds is 4. The van der Waals surface area contributed by atoms with Crippen LogP contribution in [0.1, 0.15) is 36.3 Å². The Kier molecular flexibility index (Phi) is 5.26. The van der Waals surface area contributed by atoms with Gasteiger partial charge in [0.15, 0.2) is 5.82 Å². The van der Waals surface area contributed by atoms with Crippen molar-refractivity contribution < 1.29 is 14.0 Å². The van der Waals surface area contributed by atoms with Crippen LogP contribution >= 0.6 is 0 Å². The summed E-state index contributed by atoms with van der Waals surface area (Å²) in [7, 11) is 0. The van der Waals surface area contributed by atoms with Gasteiger partial charge in [0, 0.05) is 19.2 Å². The van der Waals surface area contributed by atoms with Gasteiger partial charge in [-0.05, 0) is 53.1 Å². The molecule has 0 saturated heterocycles. The normalized spacial score (nSPS) is 15.6. The third kappa shape index (κ3) is 3.78. The monoisotopic (exact) mass is 408 g/mol. The van der Waals surface area contributed by atoms with E-state index >= 15 is 0 Å². The smallest absolute Gasteiger partial charge is 0.226 e. The molecule has 2 aromatic carbocycles. The van der Waals surface area contributed by atoms with Gasteiger partial charge in [-0.2, -0.15) is 4.68 Å². The highest BCUT2D eigenvalue weighted by molar-refractivity contribution is 5.92. The van der Waals surface area contributed by atoms with Crippen molar-refractivity contribution in [1.29, 1.82) is 0 Å². The number of anilines is 1. The zero-order chi connectivity index (χ0) is 21.3. The molecule has 2 heterocycles. The molecule has 1 aliphatic rings. The van der Waals surface area contributed by atoms with Gasteiger partial charge in [0.2, 0.25) is 11.8 Å². The molecule has 0 fully saturated rings. The van der Waals surface area contributed by atoms with Gasteiger partial charge in [-0.15, -0.1) is 5.10 Å². The molecule has 0 saturated carbocycles. The Bertz CT molecular complexity index is 1110.